The lowest BCUT2D eigenvalue weighted by Crippen LogP contribution is -2.44. The van der Waals surface area contributed by atoms with Crippen LogP contribution in [0.25, 0.3) is 11.0 Å². The van der Waals surface area contributed by atoms with E-state index in [0.29, 0.717) is 98.1 Å². The van der Waals surface area contributed by atoms with Crippen molar-refractivity contribution in [3.05, 3.63) is 47.2 Å². The first-order chi connectivity index (χ1) is 19.7. The topological polar surface area (TPSA) is 114 Å². The van der Waals surface area contributed by atoms with Crippen LogP contribution in [-0.2, 0) is 4.74 Å². The first-order valence-electron chi connectivity index (χ1n) is 13.9. The molecule has 1 aromatic carbocycles. The summed E-state index contributed by atoms with van der Waals surface area (Å²) in [6.45, 7) is 2.06. The number of hydrogen-bond donors (Lipinski definition) is 1. The molecule has 0 bridgehead atoms. The quantitative estimate of drug-likeness (QED) is 0.501. The van der Waals surface area contributed by atoms with Gasteiger partial charge >= 0.3 is 6.18 Å². The van der Waals surface area contributed by atoms with E-state index in [2.05, 4.69) is 20.4 Å². The normalized spacial score (nSPS) is 26.1. The smallest absolute Gasteiger partial charge is 0.422 e. The second-order valence-electron chi connectivity index (χ2n) is 11.5. The Balaban J connectivity index is 1.02. The Hall–Kier alpha value is -3.74. The molecule has 0 spiro atoms. The number of amides is 2. The van der Waals surface area contributed by atoms with E-state index in [1.165, 1.54) is 6.20 Å². The van der Waals surface area contributed by atoms with E-state index in [9.17, 15) is 22.8 Å². The van der Waals surface area contributed by atoms with Gasteiger partial charge in [-0.3, -0.25) is 14.7 Å². The molecule has 1 N–H and O–H groups in total. The predicted octanol–water partition coefficient (Wildman–Crippen LogP) is 3.28. The van der Waals surface area contributed by atoms with Crippen LogP contribution in [0, 0.1) is 23.7 Å². The molecule has 13 heteroatoms. The molecule has 1 saturated carbocycles. The summed E-state index contributed by atoms with van der Waals surface area (Å²) < 4.78 is 49.0. The van der Waals surface area contributed by atoms with Gasteiger partial charge in [-0.15, -0.1) is 5.10 Å². The molecule has 2 aromatic heterocycles. The van der Waals surface area contributed by atoms with E-state index in [-0.39, 0.29) is 23.6 Å². The number of fused-ring (bicyclic) bond motifs is 5. The number of aromatic amines is 1. The predicted molar refractivity (Wildman–Crippen MR) is 138 cm³/mol. The number of alkyl halides is 3. The maximum atomic E-state index is 13.6. The third-order valence-corrected chi connectivity index (χ3v) is 9.23. The zero-order valence-electron chi connectivity index (χ0n) is 22.1. The highest BCUT2D eigenvalue weighted by Crippen LogP contribution is 2.54. The van der Waals surface area contributed by atoms with Crippen LogP contribution < -0.4 is 4.74 Å². The number of H-pyrrole nitrogens is 1. The number of nitrogens with zero attached hydrogens (tertiary/aromatic N) is 5. The Morgan fingerprint density at radius 1 is 0.951 bits per heavy atom. The average Bonchev–Trinajstić information content (AvgIpc) is 3.70. The summed E-state index contributed by atoms with van der Waals surface area (Å²) >= 11 is 0. The number of carbonyl (C=O) groups is 2. The number of rotatable bonds is 5. The Kier molecular flexibility index (Phi) is 6.36. The fourth-order valence-corrected chi connectivity index (χ4v) is 7.20. The maximum absolute atomic E-state index is 13.6. The maximum Gasteiger partial charge on any atom is 0.422 e. The Morgan fingerprint density at radius 2 is 1.59 bits per heavy atom. The van der Waals surface area contributed by atoms with Crippen molar-refractivity contribution >= 4 is 22.8 Å². The van der Waals surface area contributed by atoms with Crippen LogP contribution in [0.3, 0.4) is 0 Å². The number of hydrogen-bond acceptors (Lipinski definition) is 7. The van der Waals surface area contributed by atoms with Crippen LogP contribution in [0.15, 0.2) is 30.5 Å². The average molecular weight is 571 g/mol. The number of nitrogens with one attached hydrogen (secondary N) is 1. The van der Waals surface area contributed by atoms with E-state index in [1.807, 2.05) is 15.9 Å². The highest BCUT2D eigenvalue weighted by molar-refractivity contribution is 5.97. The summed E-state index contributed by atoms with van der Waals surface area (Å²) in [7, 11) is 0. The van der Waals surface area contributed by atoms with Gasteiger partial charge in [0.25, 0.3) is 11.8 Å². The van der Waals surface area contributed by atoms with Crippen molar-refractivity contribution in [1.29, 1.82) is 0 Å². The number of likely N-dealkylation sites (tertiary alicyclic amines) is 2. The van der Waals surface area contributed by atoms with Crippen molar-refractivity contribution in [2.24, 2.45) is 23.7 Å². The van der Waals surface area contributed by atoms with Gasteiger partial charge in [-0.05, 0) is 66.7 Å². The number of carbonyl (C=O) groups excluding carboxylic acids is 2. The molecule has 4 aliphatic rings. The molecule has 3 saturated heterocycles. The molecule has 2 amide bonds. The molecule has 0 radical (unpaired) electrons. The van der Waals surface area contributed by atoms with Gasteiger partial charge in [-0.2, -0.15) is 13.2 Å². The highest BCUT2D eigenvalue weighted by atomic mass is 19.4. The van der Waals surface area contributed by atoms with Gasteiger partial charge in [-0.25, -0.2) is 4.98 Å². The van der Waals surface area contributed by atoms with E-state index in [1.54, 1.807) is 18.2 Å². The Bertz CT molecular complexity index is 1470. The van der Waals surface area contributed by atoms with Gasteiger partial charge < -0.3 is 19.3 Å². The SMILES string of the molecule is O=C(c1cnc(OCC(F)(F)F)c(C2CCOCC2)c1)N1C[C@@H]2[C@H](C1)[C@H]1CN(C(=O)c3ccc4[nH]nnc4c3)C[C@@H]21. The third kappa shape index (κ3) is 4.79. The standard InChI is InChI=1S/C28H29F3N6O4/c29-28(30,31)14-41-25-18(15-3-5-40-6-4-15)7-17(9-32-25)27(39)37-12-21-19-10-36(11-20(19)22(21)13-37)26(38)16-1-2-23-24(8-16)34-35-33-23/h1-2,7-9,15,19-22H,3-6,10-14H2,(H,33,34,35)/t19-,20+,21+,22-. The van der Waals surface area contributed by atoms with E-state index in [4.69, 9.17) is 9.47 Å². The minimum atomic E-state index is -4.49. The highest BCUT2D eigenvalue weighted by Gasteiger charge is 2.59. The van der Waals surface area contributed by atoms with Crippen LogP contribution in [0.5, 0.6) is 5.88 Å². The number of ether oxygens (including phenoxy) is 2. The zero-order valence-corrected chi connectivity index (χ0v) is 22.1. The minimum Gasteiger partial charge on any atom is -0.468 e. The summed E-state index contributed by atoms with van der Waals surface area (Å²) in [6, 6.07) is 7.01. The van der Waals surface area contributed by atoms with Crippen molar-refractivity contribution in [3.63, 3.8) is 0 Å². The van der Waals surface area contributed by atoms with Crippen LogP contribution in [0.1, 0.15) is 45.0 Å². The molecule has 7 rings (SSSR count). The first kappa shape index (κ1) is 26.2. The lowest BCUT2D eigenvalue weighted by Gasteiger charge is -2.42. The van der Waals surface area contributed by atoms with Crippen LogP contribution >= 0.6 is 0 Å². The summed E-state index contributed by atoms with van der Waals surface area (Å²) in [4.78, 5) is 34.7. The molecular weight excluding hydrogens is 541 g/mol. The van der Waals surface area contributed by atoms with Crippen molar-refractivity contribution in [3.8, 4) is 5.88 Å². The second-order valence-corrected chi connectivity index (χ2v) is 11.5. The monoisotopic (exact) mass is 570 g/mol. The van der Waals surface area contributed by atoms with Crippen LogP contribution in [0.2, 0.25) is 0 Å². The summed E-state index contributed by atoms with van der Waals surface area (Å²) in [5.41, 5.74) is 2.90. The van der Waals surface area contributed by atoms with Gasteiger partial charge in [0.15, 0.2) is 6.61 Å². The molecule has 10 nitrogen and oxygen atoms in total. The Morgan fingerprint density at radius 3 is 2.22 bits per heavy atom. The van der Waals surface area contributed by atoms with Crippen LogP contribution in [-0.4, -0.2) is 94.2 Å². The molecule has 0 unspecified atom stereocenters. The second kappa shape index (κ2) is 9.97. The fraction of sp³-hybridized carbons (Fsp3) is 0.536. The molecule has 4 atom stereocenters. The molecule has 4 fully saturated rings. The number of pyridine rings is 1. The third-order valence-electron chi connectivity index (χ3n) is 9.23. The summed E-state index contributed by atoms with van der Waals surface area (Å²) in [6.07, 6.45) is -1.91. The van der Waals surface area contributed by atoms with E-state index < -0.39 is 12.8 Å². The van der Waals surface area contributed by atoms with E-state index in [0.717, 1.165) is 5.52 Å². The van der Waals surface area contributed by atoms with Gasteiger partial charge in [0.2, 0.25) is 5.88 Å². The Labute approximate surface area is 233 Å². The largest absolute Gasteiger partial charge is 0.468 e. The van der Waals surface area contributed by atoms with Gasteiger partial charge in [0.1, 0.15) is 5.52 Å². The lowest BCUT2D eigenvalue weighted by molar-refractivity contribution is -0.154. The number of benzene rings is 1. The molecule has 3 aliphatic heterocycles. The number of halogens is 3. The van der Waals surface area contributed by atoms with Crippen molar-refractivity contribution in [2.45, 2.75) is 24.9 Å². The van der Waals surface area contributed by atoms with Crippen LogP contribution in [0.4, 0.5) is 13.2 Å². The molecule has 1 aliphatic carbocycles. The summed E-state index contributed by atoms with van der Waals surface area (Å²) in [5.74, 6) is 0.959. The molecule has 3 aromatic rings. The molecular formula is C28H29F3N6O4. The minimum absolute atomic E-state index is 0.0187. The van der Waals surface area contributed by atoms with E-state index >= 15 is 0 Å². The van der Waals surface area contributed by atoms with Crippen molar-refractivity contribution < 1.29 is 32.2 Å². The summed E-state index contributed by atoms with van der Waals surface area (Å²) in [5, 5.41) is 10.6. The zero-order chi connectivity index (χ0) is 28.3. The first-order valence-corrected chi connectivity index (χ1v) is 13.9. The van der Waals surface area contributed by atoms with Crippen molar-refractivity contribution in [1.82, 2.24) is 30.2 Å². The number of aromatic nitrogens is 4. The van der Waals surface area contributed by atoms with Gasteiger partial charge in [0.05, 0.1) is 11.1 Å². The fourth-order valence-electron chi connectivity index (χ4n) is 7.20. The molecule has 5 heterocycles. The molecule has 41 heavy (non-hydrogen) atoms. The van der Waals surface area contributed by atoms with Gasteiger partial charge in [-0.1, -0.05) is 5.21 Å². The van der Waals surface area contributed by atoms with Gasteiger partial charge in [0, 0.05) is 56.7 Å². The molecule has 216 valence electrons. The lowest BCUT2D eigenvalue weighted by atomic mass is 9.60. The van der Waals surface area contributed by atoms with Crippen molar-refractivity contribution in [2.75, 3.05) is 46.0 Å².